The van der Waals surface area contributed by atoms with Crippen LogP contribution in [0.5, 0.6) is 0 Å². The number of Topliss-reactive ketones (excluding diaryl/α,β-unsaturated/α-hetero) is 1. The Morgan fingerprint density at radius 2 is 2.20 bits per heavy atom. The lowest BCUT2D eigenvalue weighted by molar-refractivity contribution is 0.0968. The summed E-state index contributed by atoms with van der Waals surface area (Å²) in [5.74, 6) is 0.150. The van der Waals surface area contributed by atoms with Gasteiger partial charge in [-0.1, -0.05) is 18.2 Å². The van der Waals surface area contributed by atoms with E-state index in [1.54, 1.807) is 0 Å². The summed E-state index contributed by atoms with van der Waals surface area (Å²) in [6, 6.07) is 6.21. The topological polar surface area (TPSA) is 38.1 Å². The fraction of sp³-hybridized carbons (Fsp3) is 0.467. The van der Waals surface area contributed by atoms with E-state index in [0.29, 0.717) is 12.1 Å². The zero-order valence-corrected chi connectivity index (χ0v) is 12.7. The van der Waals surface area contributed by atoms with Crippen LogP contribution in [0, 0.1) is 0 Å². The second-order valence-corrected chi connectivity index (χ2v) is 5.47. The molecular formula is C15H20ClN3O. The van der Waals surface area contributed by atoms with Crippen LogP contribution in [0.1, 0.15) is 28.9 Å². The molecule has 0 amide bonds. The smallest absolute Gasteiger partial charge is 0.184 e. The van der Waals surface area contributed by atoms with Gasteiger partial charge in [0.2, 0.25) is 0 Å². The van der Waals surface area contributed by atoms with Gasteiger partial charge in [0.15, 0.2) is 5.78 Å². The van der Waals surface area contributed by atoms with Crippen LogP contribution in [0.2, 0.25) is 0 Å². The third kappa shape index (κ3) is 2.58. The molecule has 0 fully saturated rings. The Morgan fingerprint density at radius 3 is 2.95 bits per heavy atom. The van der Waals surface area contributed by atoms with Crippen molar-refractivity contribution in [3.05, 3.63) is 29.5 Å². The number of carbonyl (C=O) groups excluding carboxylic acids is 1. The van der Waals surface area contributed by atoms with Crippen molar-refractivity contribution in [2.75, 3.05) is 20.6 Å². The summed E-state index contributed by atoms with van der Waals surface area (Å²) in [5.41, 5.74) is 3.14. The average Bonchev–Trinajstić information content (AvgIpc) is 2.78. The van der Waals surface area contributed by atoms with Gasteiger partial charge in [0.05, 0.1) is 5.52 Å². The van der Waals surface area contributed by atoms with Crippen molar-refractivity contribution >= 4 is 29.1 Å². The number of hydrogen-bond acceptors (Lipinski definition) is 3. The van der Waals surface area contributed by atoms with Gasteiger partial charge in [-0.15, -0.1) is 12.4 Å². The molecule has 5 heteroatoms. The number of nitrogens with zero attached hydrogens (tertiary/aromatic N) is 3. The highest BCUT2D eigenvalue weighted by Crippen LogP contribution is 2.27. The molecule has 0 aliphatic carbocycles. The van der Waals surface area contributed by atoms with Crippen molar-refractivity contribution in [1.29, 1.82) is 0 Å². The van der Waals surface area contributed by atoms with Crippen LogP contribution in [-0.4, -0.2) is 41.1 Å². The first-order valence-electron chi connectivity index (χ1n) is 6.83. The number of aromatic nitrogens is 2. The quantitative estimate of drug-likeness (QED) is 0.813. The summed E-state index contributed by atoms with van der Waals surface area (Å²) >= 11 is 0. The molecule has 0 spiro atoms. The molecule has 1 aromatic heterocycles. The molecule has 3 rings (SSSR count). The van der Waals surface area contributed by atoms with Crippen LogP contribution < -0.4 is 0 Å². The Balaban J connectivity index is 0.00000147. The van der Waals surface area contributed by atoms with Crippen LogP contribution in [0.15, 0.2) is 18.2 Å². The van der Waals surface area contributed by atoms with Crippen LogP contribution in [0.3, 0.4) is 0 Å². The Labute approximate surface area is 125 Å². The number of aryl methyl sites for hydroxylation is 2. The molecule has 4 nitrogen and oxygen atoms in total. The molecule has 0 saturated carbocycles. The molecule has 2 aromatic rings. The highest BCUT2D eigenvalue weighted by molar-refractivity contribution is 6.06. The van der Waals surface area contributed by atoms with Crippen LogP contribution >= 0.6 is 12.4 Å². The summed E-state index contributed by atoms with van der Waals surface area (Å²) in [7, 11) is 3.96. The van der Waals surface area contributed by atoms with Crippen molar-refractivity contribution in [3.63, 3.8) is 0 Å². The lowest BCUT2D eigenvalue weighted by Crippen LogP contribution is -2.17. The lowest BCUT2D eigenvalue weighted by Gasteiger charge is -2.12. The number of ketones is 1. The summed E-state index contributed by atoms with van der Waals surface area (Å²) < 4.78 is 2.01. The molecule has 1 aliphatic heterocycles. The summed E-state index contributed by atoms with van der Waals surface area (Å²) in [4.78, 5) is 14.3. The molecule has 20 heavy (non-hydrogen) atoms. The van der Waals surface area contributed by atoms with E-state index >= 15 is 0 Å². The third-order valence-corrected chi connectivity index (χ3v) is 3.72. The minimum Gasteiger partial charge on any atom is -0.309 e. The molecule has 0 saturated heterocycles. The van der Waals surface area contributed by atoms with E-state index in [0.717, 1.165) is 31.3 Å². The van der Waals surface area contributed by atoms with Gasteiger partial charge in [0.25, 0.3) is 0 Å². The second kappa shape index (κ2) is 5.94. The van der Waals surface area contributed by atoms with Gasteiger partial charge in [-0.3, -0.25) is 9.48 Å². The molecule has 1 aliphatic rings. The highest BCUT2D eigenvalue weighted by atomic mass is 35.5. The van der Waals surface area contributed by atoms with E-state index in [1.165, 1.54) is 11.1 Å². The Bertz CT molecular complexity index is 633. The Hall–Kier alpha value is -1.39. The standard InChI is InChI=1S/C15H19N3O.ClH/c1-17(2)10-8-13(19)14-12-7-3-5-11-6-4-9-18(16-14)15(11)12;/h3,5,7H,4,6,8-10H2,1-2H3;1H. The van der Waals surface area contributed by atoms with E-state index in [9.17, 15) is 4.79 Å². The van der Waals surface area contributed by atoms with Gasteiger partial charge in [-0.05, 0) is 32.5 Å². The van der Waals surface area contributed by atoms with E-state index in [4.69, 9.17) is 0 Å². The first-order chi connectivity index (χ1) is 9.16. The number of carbonyl (C=O) groups is 1. The first-order valence-corrected chi connectivity index (χ1v) is 6.83. The molecule has 108 valence electrons. The fourth-order valence-electron chi connectivity index (χ4n) is 2.74. The lowest BCUT2D eigenvalue weighted by atomic mass is 10.0. The van der Waals surface area contributed by atoms with Gasteiger partial charge < -0.3 is 4.90 Å². The largest absolute Gasteiger partial charge is 0.309 e. The average molecular weight is 294 g/mol. The maximum atomic E-state index is 12.3. The van der Waals surface area contributed by atoms with Gasteiger partial charge >= 0.3 is 0 Å². The minimum absolute atomic E-state index is 0. The zero-order chi connectivity index (χ0) is 13.4. The van der Waals surface area contributed by atoms with E-state index in [1.807, 2.05) is 35.8 Å². The Kier molecular flexibility index (Phi) is 4.45. The van der Waals surface area contributed by atoms with E-state index in [2.05, 4.69) is 11.2 Å². The molecule has 0 atom stereocenters. The van der Waals surface area contributed by atoms with E-state index < -0.39 is 0 Å². The van der Waals surface area contributed by atoms with Crippen LogP contribution in [0.4, 0.5) is 0 Å². The van der Waals surface area contributed by atoms with Crippen molar-refractivity contribution in [2.45, 2.75) is 25.8 Å². The Morgan fingerprint density at radius 1 is 1.40 bits per heavy atom. The second-order valence-electron chi connectivity index (χ2n) is 5.47. The highest BCUT2D eigenvalue weighted by Gasteiger charge is 2.21. The van der Waals surface area contributed by atoms with Gasteiger partial charge in [-0.2, -0.15) is 5.10 Å². The summed E-state index contributed by atoms with van der Waals surface area (Å²) in [5, 5.41) is 5.58. The molecule has 1 aromatic carbocycles. The van der Waals surface area contributed by atoms with Crippen LogP contribution in [0.25, 0.3) is 10.9 Å². The summed E-state index contributed by atoms with van der Waals surface area (Å²) in [6.07, 6.45) is 2.73. The van der Waals surface area contributed by atoms with Gasteiger partial charge in [0.1, 0.15) is 5.69 Å². The van der Waals surface area contributed by atoms with Gasteiger partial charge in [-0.25, -0.2) is 0 Å². The van der Waals surface area contributed by atoms with Crippen molar-refractivity contribution < 1.29 is 4.79 Å². The minimum atomic E-state index is 0. The maximum Gasteiger partial charge on any atom is 0.184 e. The van der Waals surface area contributed by atoms with Crippen molar-refractivity contribution in [2.24, 2.45) is 0 Å². The third-order valence-electron chi connectivity index (χ3n) is 3.72. The SMILES string of the molecule is CN(C)CCC(=O)c1nn2c3c(cccc13)CCC2.Cl. The maximum absolute atomic E-state index is 12.3. The molecule has 0 radical (unpaired) electrons. The number of halogens is 1. The zero-order valence-electron chi connectivity index (χ0n) is 11.9. The molecule has 0 unspecified atom stereocenters. The predicted molar refractivity (Wildman–Crippen MR) is 82.8 cm³/mol. The number of hydrogen-bond donors (Lipinski definition) is 0. The number of para-hydroxylation sites is 1. The fourth-order valence-corrected chi connectivity index (χ4v) is 2.74. The normalized spacial score (nSPS) is 13.6. The summed E-state index contributed by atoms with van der Waals surface area (Å²) in [6.45, 7) is 1.70. The van der Waals surface area contributed by atoms with Crippen molar-refractivity contribution in [3.8, 4) is 0 Å². The number of benzene rings is 1. The number of rotatable bonds is 4. The molecule has 0 N–H and O–H groups in total. The van der Waals surface area contributed by atoms with Gasteiger partial charge in [0, 0.05) is 24.9 Å². The molecule has 2 heterocycles. The van der Waals surface area contributed by atoms with E-state index in [-0.39, 0.29) is 18.2 Å². The monoisotopic (exact) mass is 293 g/mol. The molecular weight excluding hydrogens is 274 g/mol. The van der Waals surface area contributed by atoms with Crippen molar-refractivity contribution in [1.82, 2.24) is 14.7 Å². The predicted octanol–water partition coefficient (Wildman–Crippen LogP) is 2.54. The first kappa shape index (κ1) is 15.0. The molecule has 0 bridgehead atoms. The van der Waals surface area contributed by atoms with Crippen LogP contribution in [-0.2, 0) is 13.0 Å².